The van der Waals surface area contributed by atoms with Crippen LogP contribution in [0.2, 0.25) is 5.02 Å². The van der Waals surface area contributed by atoms with Crippen LogP contribution < -0.4 is 0 Å². The maximum Gasteiger partial charge on any atom is 0.236 e. The molecule has 0 saturated carbocycles. The highest BCUT2D eigenvalue weighted by molar-refractivity contribution is 8.00. The van der Waals surface area contributed by atoms with Crippen LogP contribution in [0, 0.1) is 0 Å². The van der Waals surface area contributed by atoms with Gasteiger partial charge in [0.05, 0.1) is 11.3 Å². The molecule has 1 saturated heterocycles. The summed E-state index contributed by atoms with van der Waals surface area (Å²) in [6.45, 7) is 5.33. The molecule has 0 bridgehead atoms. The van der Waals surface area contributed by atoms with Crippen LogP contribution in [0.15, 0.2) is 89.8 Å². The van der Waals surface area contributed by atoms with Crippen molar-refractivity contribution in [1.29, 1.82) is 0 Å². The van der Waals surface area contributed by atoms with E-state index in [1.165, 1.54) is 11.1 Å². The Balaban J connectivity index is 1.43. The van der Waals surface area contributed by atoms with Crippen molar-refractivity contribution in [3.05, 3.63) is 101 Å². The molecule has 0 aromatic heterocycles. The molecular formula is C27H29ClN2OS. The zero-order valence-electron chi connectivity index (χ0n) is 18.4. The number of carbonyl (C=O) groups is 1. The molecule has 5 heteroatoms. The van der Waals surface area contributed by atoms with Crippen LogP contribution in [0.4, 0.5) is 0 Å². The predicted octanol–water partition coefficient (Wildman–Crippen LogP) is 6.14. The lowest BCUT2D eigenvalue weighted by Crippen LogP contribution is -2.51. The standard InChI is InChI=1S/C27H29ClN2OS/c1-2-25(32-24-15-13-23(28)14-16-24)27(31)30-19-17-29(18-20-30)26(21-9-5-3-6-10-21)22-11-7-4-8-12-22/h3-16,25-26H,2,17-20H2,1H3/t25-/m1/s1. The van der Waals surface area contributed by atoms with E-state index in [-0.39, 0.29) is 17.2 Å². The first-order chi connectivity index (χ1) is 15.7. The molecule has 0 spiro atoms. The van der Waals surface area contributed by atoms with Crippen LogP contribution in [-0.2, 0) is 4.79 Å². The second-order valence-corrected chi connectivity index (χ2v) is 9.77. The van der Waals surface area contributed by atoms with Gasteiger partial charge in [-0.3, -0.25) is 9.69 Å². The van der Waals surface area contributed by atoms with E-state index in [0.717, 1.165) is 42.5 Å². The zero-order valence-corrected chi connectivity index (χ0v) is 19.9. The third-order valence-corrected chi connectivity index (χ3v) is 7.58. The fourth-order valence-electron chi connectivity index (χ4n) is 4.27. The van der Waals surface area contributed by atoms with Gasteiger partial charge in [-0.1, -0.05) is 79.2 Å². The average molecular weight is 465 g/mol. The maximum absolute atomic E-state index is 13.3. The first-order valence-electron chi connectivity index (χ1n) is 11.2. The molecule has 166 valence electrons. The smallest absolute Gasteiger partial charge is 0.236 e. The maximum atomic E-state index is 13.3. The van der Waals surface area contributed by atoms with Gasteiger partial charge in [-0.05, 0) is 41.8 Å². The molecule has 1 atom stereocenters. The number of thioether (sulfide) groups is 1. The Bertz CT molecular complexity index is 950. The molecule has 3 aromatic carbocycles. The monoisotopic (exact) mass is 464 g/mol. The van der Waals surface area contributed by atoms with Crippen LogP contribution in [-0.4, -0.2) is 47.1 Å². The van der Waals surface area contributed by atoms with E-state index in [1.54, 1.807) is 11.8 Å². The molecule has 1 amide bonds. The van der Waals surface area contributed by atoms with E-state index < -0.39 is 0 Å². The molecule has 1 aliphatic heterocycles. The topological polar surface area (TPSA) is 23.6 Å². The van der Waals surface area contributed by atoms with Crippen molar-refractivity contribution in [2.75, 3.05) is 26.2 Å². The summed E-state index contributed by atoms with van der Waals surface area (Å²) < 4.78 is 0. The van der Waals surface area contributed by atoms with Gasteiger partial charge >= 0.3 is 0 Å². The summed E-state index contributed by atoms with van der Waals surface area (Å²) in [4.78, 5) is 18.9. The summed E-state index contributed by atoms with van der Waals surface area (Å²) in [5.41, 5.74) is 2.59. The molecule has 3 nitrogen and oxygen atoms in total. The lowest BCUT2D eigenvalue weighted by Gasteiger charge is -2.40. The number of benzene rings is 3. The number of hydrogen-bond acceptors (Lipinski definition) is 3. The number of halogens is 1. The molecule has 0 radical (unpaired) electrons. The highest BCUT2D eigenvalue weighted by Crippen LogP contribution is 2.31. The van der Waals surface area contributed by atoms with Crippen LogP contribution >= 0.6 is 23.4 Å². The minimum absolute atomic E-state index is 0.0678. The molecule has 1 aliphatic rings. The van der Waals surface area contributed by atoms with Gasteiger partial charge in [0.1, 0.15) is 0 Å². The van der Waals surface area contributed by atoms with Crippen LogP contribution in [0.25, 0.3) is 0 Å². The van der Waals surface area contributed by atoms with Gasteiger partial charge in [0, 0.05) is 36.1 Å². The molecular weight excluding hydrogens is 436 g/mol. The number of hydrogen-bond donors (Lipinski definition) is 0. The van der Waals surface area contributed by atoms with Crippen molar-refractivity contribution in [2.45, 2.75) is 29.5 Å². The summed E-state index contributed by atoms with van der Waals surface area (Å²) in [7, 11) is 0. The van der Waals surface area contributed by atoms with Crippen molar-refractivity contribution < 1.29 is 4.79 Å². The van der Waals surface area contributed by atoms with Gasteiger partial charge in [0.2, 0.25) is 5.91 Å². The first-order valence-corrected chi connectivity index (χ1v) is 12.5. The summed E-state index contributed by atoms with van der Waals surface area (Å²) in [5.74, 6) is 0.239. The van der Waals surface area contributed by atoms with E-state index in [1.807, 2.05) is 29.2 Å². The molecule has 1 heterocycles. The number of piperazine rings is 1. The summed E-state index contributed by atoms with van der Waals surface area (Å²) in [6, 6.07) is 29.3. The zero-order chi connectivity index (χ0) is 22.3. The lowest BCUT2D eigenvalue weighted by atomic mass is 9.96. The number of nitrogens with zero attached hydrogens (tertiary/aromatic N) is 2. The van der Waals surface area contributed by atoms with Gasteiger partial charge in [-0.15, -0.1) is 11.8 Å². The predicted molar refractivity (Wildman–Crippen MR) is 134 cm³/mol. The van der Waals surface area contributed by atoms with E-state index >= 15 is 0 Å². The minimum atomic E-state index is -0.0678. The van der Waals surface area contributed by atoms with Crippen molar-refractivity contribution in [1.82, 2.24) is 9.80 Å². The van der Waals surface area contributed by atoms with E-state index in [0.29, 0.717) is 0 Å². The van der Waals surface area contributed by atoms with Gasteiger partial charge in [0.15, 0.2) is 0 Å². The third kappa shape index (κ3) is 5.55. The Labute approximate surface area is 200 Å². The molecule has 0 unspecified atom stereocenters. The largest absolute Gasteiger partial charge is 0.339 e. The van der Waals surface area contributed by atoms with Gasteiger partial charge in [-0.25, -0.2) is 0 Å². The van der Waals surface area contributed by atoms with Crippen molar-refractivity contribution in [3.8, 4) is 0 Å². The normalized spacial score (nSPS) is 15.7. The number of rotatable bonds is 7. The third-order valence-electron chi connectivity index (χ3n) is 5.96. The molecule has 0 aliphatic carbocycles. The molecule has 3 aromatic rings. The number of carbonyl (C=O) groups excluding carboxylic acids is 1. The second kappa shape index (κ2) is 11.0. The van der Waals surface area contributed by atoms with Crippen molar-refractivity contribution in [3.63, 3.8) is 0 Å². The Morgan fingerprint density at radius 2 is 1.38 bits per heavy atom. The Morgan fingerprint density at radius 3 is 1.88 bits per heavy atom. The molecule has 1 fully saturated rings. The van der Waals surface area contributed by atoms with Crippen LogP contribution in [0.3, 0.4) is 0 Å². The van der Waals surface area contributed by atoms with Crippen molar-refractivity contribution >= 4 is 29.3 Å². The Hall–Kier alpha value is -2.27. The fourth-order valence-corrected chi connectivity index (χ4v) is 5.44. The van der Waals surface area contributed by atoms with E-state index in [4.69, 9.17) is 11.6 Å². The van der Waals surface area contributed by atoms with Crippen LogP contribution in [0.5, 0.6) is 0 Å². The SMILES string of the molecule is CC[C@@H](Sc1ccc(Cl)cc1)C(=O)N1CCN(C(c2ccccc2)c2ccccc2)CC1. The summed E-state index contributed by atoms with van der Waals surface area (Å²) in [5, 5.41) is 0.651. The van der Waals surface area contributed by atoms with Crippen molar-refractivity contribution in [2.24, 2.45) is 0 Å². The van der Waals surface area contributed by atoms with Gasteiger partial charge in [-0.2, -0.15) is 0 Å². The second-order valence-electron chi connectivity index (χ2n) is 8.05. The highest BCUT2D eigenvalue weighted by Gasteiger charge is 2.30. The molecule has 4 rings (SSSR count). The summed E-state index contributed by atoms with van der Waals surface area (Å²) >= 11 is 7.64. The quantitative estimate of drug-likeness (QED) is 0.392. The van der Waals surface area contributed by atoms with E-state index in [2.05, 4.69) is 72.5 Å². The molecule has 0 N–H and O–H groups in total. The van der Waals surface area contributed by atoms with Gasteiger partial charge < -0.3 is 4.90 Å². The van der Waals surface area contributed by atoms with Gasteiger partial charge in [0.25, 0.3) is 0 Å². The Morgan fingerprint density at radius 1 is 0.844 bits per heavy atom. The average Bonchev–Trinajstić information content (AvgIpc) is 2.85. The van der Waals surface area contributed by atoms with E-state index in [9.17, 15) is 4.79 Å². The Kier molecular flexibility index (Phi) is 7.90. The number of amides is 1. The fraction of sp³-hybridized carbons (Fsp3) is 0.296. The highest BCUT2D eigenvalue weighted by atomic mass is 35.5. The van der Waals surface area contributed by atoms with Crippen LogP contribution in [0.1, 0.15) is 30.5 Å². The lowest BCUT2D eigenvalue weighted by molar-refractivity contribution is -0.132. The molecule has 32 heavy (non-hydrogen) atoms. The first kappa shape index (κ1) is 22.9. The minimum Gasteiger partial charge on any atom is -0.339 e. The summed E-state index contributed by atoms with van der Waals surface area (Å²) in [6.07, 6.45) is 0.809.